The van der Waals surface area contributed by atoms with Gasteiger partial charge in [0.15, 0.2) is 0 Å². The van der Waals surface area contributed by atoms with Gasteiger partial charge >= 0.3 is 0 Å². The van der Waals surface area contributed by atoms with E-state index in [0.717, 1.165) is 28.0 Å². The van der Waals surface area contributed by atoms with Crippen LogP contribution in [0.3, 0.4) is 0 Å². The molecule has 2 rings (SSSR count). The van der Waals surface area contributed by atoms with Crippen LogP contribution in [0.15, 0.2) is 30.3 Å². The molecule has 0 aliphatic carbocycles. The number of benzene rings is 2. The molecule has 1 unspecified atom stereocenters. The van der Waals surface area contributed by atoms with Gasteiger partial charge in [-0.1, -0.05) is 35.3 Å². The van der Waals surface area contributed by atoms with Gasteiger partial charge in [-0.2, -0.15) is 0 Å². The predicted octanol–water partition coefficient (Wildman–Crippen LogP) is 4.17. The van der Waals surface area contributed by atoms with Crippen LogP contribution in [0.5, 0.6) is 5.75 Å². The Kier molecular flexibility index (Phi) is 5.12. The second kappa shape index (κ2) is 6.67. The van der Waals surface area contributed by atoms with Crippen molar-refractivity contribution in [2.24, 2.45) is 5.84 Å². The Labute approximate surface area is 135 Å². The number of methoxy groups -OCH3 is 1. The summed E-state index contributed by atoms with van der Waals surface area (Å²) in [7, 11) is 1.65. The van der Waals surface area contributed by atoms with E-state index in [2.05, 4.69) is 11.5 Å². The van der Waals surface area contributed by atoms with Crippen LogP contribution in [0.2, 0.25) is 10.0 Å². The Balaban J connectivity index is 2.58. The van der Waals surface area contributed by atoms with Crippen molar-refractivity contribution in [3.05, 3.63) is 62.6 Å². The van der Waals surface area contributed by atoms with E-state index in [1.165, 1.54) is 0 Å². The average molecular weight is 325 g/mol. The molecule has 1 atom stereocenters. The maximum absolute atomic E-state index is 6.11. The lowest BCUT2D eigenvalue weighted by molar-refractivity contribution is 0.403. The van der Waals surface area contributed by atoms with Crippen LogP contribution in [0, 0.1) is 13.8 Å². The minimum absolute atomic E-state index is 0.227. The molecule has 112 valence electrons. The van der Waals surface area contributed by atoms with Gasteiger partial charge in [0.2, 0.25) is 0 Å². The molecule has 0 spiro atoms. The Bertz CT molecular complexity index is 659. The number of nitrogens with two attached hydrogens (primary N) is 1. The van der Waals surface area contributed by atoms with E-state index >= 15 is 0 Å². The number of nitrogens with one attached hydrogen (secondary N) is 1. The first kappa shape index (κ1) is 16.1. The van der Waals surface area contributed by atoms with E-state index in [9.17, 15) is 0 Å². The third-order valence-electron chi connectivity index (χ3n) is 3.45. The predicted molar refractivity (Wildman–Crippen MR) is 88.1 cm³/mol. The molecule has 3 nitrogen and oxygen atoms in total. The maximum Gasteiger partial charge on any atom is 0.124 e. The van der Waals surface area contributed by atoms with Crippen molar-refractivity contribution in [1.29, 1.82) is 0 Å². The zero-order chi connectivity index (χ0) is 15.6. The Morgan fingerprint density at radius 2 is 1.81 bits per heavy atom. The number of ether oxygens (including phenoxy) is 1. The van der Waals surface area contributed by atoms with Crippen LogP contribution in [0.4, 0.5) is 0 Å². The van der Waals surface area contributed by atoms with Gasteiger partial charge in [0.1, 0.15) is 5.75 Å². The molecule has 0 aromatic heterocycles. The summed E-state index contributed by atoms with van der Waals surface area (Å²) in [6.45, 7) is 4.07. The fourth-order valence-corrected chi connectivity index (χ4v) is 2.82. The summed E-state index contributed by atoms with van der Waals surface area (Å²) in [6, 6.07) is 9.34. The summed E-state index contributed by atoms with van der Waals surface area (Å²) < 4.78 is 5.51. The van der Waals surface area contributed by atoms with Crippen molar-refractivity contribution in [3.63, 3.8) is 0 Å². The van der Waals surface area contributed by atoms with Crippen LogP contribution in [0.25, 0.3) is 0 Å². The van der Waals surface area contributed by atoms with Gasteiger partial charge < -0.3 is 4.74 Å². The van der Waals surface area contributed by atoms with Gasteiger partial charge in [-0.15, -0.1) is 0 Å². The number of hydrogen-bond acceptors (Lipinski definition) is 3. The van der Waals surface area contributed by atoms with Gasteiger partial charge in [-0.25, -0.2) is 5.43 Å². The lowest BCUT2D eigenvalue weighted by atomic mass is 9.93. The topological polar surface area (TPSA) is 47.3 Å². The second-order valence-corrected chi connectivity index (χ2v) is 5.79. The molecule has 0 amide bonds. The number of aryl methyl sites for hydroxylation is 2. The van der Waals surface area contributed by atoms with Crippen molar-refractivity contribution in [2.45, 2.75) is 19.9 Å². The average Bonchev–Trinajstić information content (AvgIpc) is 2.45. The van der Waals surface area contributed by atoms with Crippen LogP contribution in [-0.2, 0) is 0 Å². The Hall–Kier alpha value is -1.26. The molecule has 5 heteroatoms. The minimum Gasteiger partial charge on any atom is -0.496 e. The monoisotopic (exact) mass is 324 g/mol. The normalized spacial score (nSPS) is 12.3. The largest absolute Gasteiger partial charge is 0.496 e. The number of hydrogen-bond donors (Lipinski definition) is 2. The van der Waals surface area contributed by atoms with Crippen molar-refractivity contribution < 1.29 is 4.74 Å². The highest BCUT2D eigenvalue weighted by Crippen LogP contribution is 2.35. The van der Waals surface area contributed by atoms with Gasteiger partial charge in [0.25, 0.3) is 0 Å². The molecule has 0 saturated heterocycles. The first-order valence-electron chi connectivity index (χ1n) is 6.54. The highest BCUT2D eigenvalue weighted by molar-refractivity contribution is 6.42. The third kappa shape index (κ3) is 3.33. The van der Waals surface area contributed by atoms with E-state index in [4.69, 9.17) is 33.8 Å². The summed E-state index contributed by atoms with van der Waals surface area (Å²) in [5.74, 6) is 6.57. The Morgan fingerprint density at radius 1 is 1.10 bits per heavy atom. The van der Waals surface area contributed by atoms with Crippen LogP contribution in [-0.4, -0.2) is 7.11 Å². The zero-order valence-corrected chi connectivity index (χ0v) is 13.7. The van der Waals surface area contributed by atoms with Crippen molar-refractivity contribution >= 4 is 23.2 Å². The molecule has 0 saturated carbocycles. The molecule has 0 aliphatic heterocycles. The molecule has 0 fully saturated rings. The number of hydrazine groups is 1. The van der Waals surface area contributed by atoms with E-state index in [1.54, 1.807) is 13.2 Å². The van der Waals surface area contributed by atoms with Gasteiger partial charge in [0.05, 0.1) is 23.2 Å². The summed E-state index contributed by atoms with van der Waals surface area (Å²) in [6.07, 6.45) is 0. The lowest BCUT2D eigenvalue weighted by Gasteiger charge is -2.22. The highest BCUT2D eigenvalue weighted by atomic mass is 35.5. The summed E-state index contributed by atoms with van der Waals surface area (Å²) in [4.78, 5) is 0. The minimum atomic E-state index is -0.227. The van der Waals surface area contributed by atoms with Crippen molar-refractivity contribution in [2.75, 3.05) is 7.11 Å². The third-order valence-corrected chi connectivity index (χ3v) is 4.18. The van der Waals surface area contributed by atoms with E-state index < -0.39 is 0 Å². The maximum atomic E-state index is 6.11. The fourth-order valence-electron chi connectivity index (χ4n) is 2.52. The molecule has 0 aliphatic rings. The smallest absolute Gasteiger partial charge is 0.124 e. The highest BCUT2D eigenvalue weighted by Gasteiger charge is 2.20. The molecule has 0 heterocycles. The molecular weight excluding hydrogens is 307 g/mol. The van der Waals surface area contributed by atoms with Crippen LogP contribution in [0.1, 0.15) is 28.3 Å². The molecule has 2 aromatic rings. The first-order valence-corrected chi connectivity index (χ1v) is 7.29. The van der Waals surface area contributed by atoms with Gasteiger partial charge in [-0.05, 0) is 48.7 Å². The second-order valence-electron chi connectivity index (χ2n) is 4.97. The Morgan fingerprint density at radius 3 is 2.38 bits per heavy atom. The quantitative estimate of drug-likeness (QED) is 0.655. The number of rotatable bonds is 4. The molecule has 2 aromatic carbocycles. The first-order chi connectivity index (χ1) is 9.97. The van der Waals surface area contributed by atoms with Crippen molar-refractivity contribution in [3.8, 4) is 5.75 Å². The number of halogens is 2. The SMILES string of the molecule is COc1cc(C)cc(C)c1C(NN)c1ccc(Cl)c(Cl)c1. The standard InChI is InChI=1S/C16H18Cl2N2O/c1-9-6-10(2)15(14(7-9)21-3)16(20-19)11-4-5-12(17)13(18)8-11/h4-8,16,20H,19H2,1-3H3. The summed E-state index contributed by atoms with van der Waals surface area (Å²) in [5, 5.41) is 1.02. The molecular formula is C16H18Cl2N2O. The van der Waals surface area contributed by atoms with Crippen LogP contribution < -0.4 is 16.0 Å². The van der Waals surface area contributed by atoms with E-state index in [0.29, 0.717) is 10.0 Å². The summed E-state index contributed by atoms with van der Waals surface area (Å²) in [5.41, 5.74) is 6.99. The molecule has 3 N–H and O–H groups in total. The van der Waals surface area contributed by atoms with Crippen LogP contribution >= 0.6 is 23.2 Å². The fraction of sp³-hybridized carbons (Fsp3) is 0.250. The molecule has 21 heavy (non-hydrogen) atoms. The summed E-state index contributed by atoms with van der Waals surface area (Å²) >= 11 is 12.1. The van der Waals surface area contributed by atoms with Gasteiger partial charge in [-0.3, -0.25) is 5.84 Å². The zero-order valence-electron chi connectivity index (χ0n) is 12.2. The van der Waals surface area contributed by atoms with Gasteiger partial charge in [0, 0.05) is 5.56 Å². The van der Waals surface area contributed by atoms with E-state index in [1.807, 2.05) is 32.0 Å². The molecule has 0 bridgehead atoms. The van der Waals surface area contributed by atoms with E-state index in [-0.39, 0.29) is 6.04 Å². The van der Waals surface area contributed by atoms with Crippen molar-refractivity contribution in [1.82, 2.24) is 5.43 Å². The molecule has 0 radical (unpaired) electrons. The lowest BCUT2D eigenvalue weighted by Crippen LogP contribution is -2.29.